The normalized spacial score (nSPS) is 16.1. The molecule has 1 aromatic carbocycles. The van der Waals surface area contributed by atoms with Gasteiger partial charge in [0, 0.05) is 31.0 Å². The van der Waals surface area contributed by atoms with Gasteiger partial charge < -0.3 is 19.2 Å². The summed E-state index contributed by atoms with van der Waals surface area (Å²) in [5, 5.41) is 10.2. The number of carbonyl (C=O) groups is 3. The number of likely N-dealkylation sites (tertiary alicyclic amines) is 1. The quantitative estimate of drug-likeness (QED) is 0.635. The van der Waals surface area contributed by atoms with E-state index < -0.39 is 23.3 Å². The second kappa shape index (κ2) is 7.21. The van der Waals surface area contributed by atoms with E-state index in [0.717, 1.165) is 0 Å². The van der Waals surface area contributed by atoms with E-state index >= 15 is 0 Å². The standard InChI is InChI=1S/C18H16ClNO6/c19-12-3-5-13(6-4-12)26-18(17(23)24)7-9-20(10-8-18)16(22)15(21)14-2-1-11-25-14/h1-6,11H,7-10H2,(H,23,24). The summed E-state index contributed by atoms with van der Waals surface area (Å²) in [6.07, 6.45) is 1.43. The van der Waals surface area contributed by atoms with E-state index in [1.165, 1.54) is 23.3 Å². The van der Waals surface area contributed by atoms with E-state index in [9.17, 15) is 19.5 Å². The summed E-state index contributed by atoms with van der Waals surface area (Å²) in [5.41, 5.74) is -1.46. The molecule has 1 N–H and O–H groups in total. The van der Waals surface area contributed by atoms with Gasteiger partial charge in [0.15, 0.2) is 5.76 Å². The Morgan fingerprint density at radius 3 is 2.31 bits per heavy atom. The number of benzene rings is 1. The number of piperidine rings is 1. The summed E-state index contributed by atoms with van der Waals surface area (Å²) in [7, 11) is 0. The summed E-state index contributed by atoms with van der Waals surface area (Å²) in [5.74, 6) is -2.25. The Balaban J connectivity index is 1.69. The second-order valence-electron chi connectivity index (χ2n) is 5.95. The Kier molecular flexibility index (Phi) is 4.99. The Labute approximate surface area is 154 Å². The first-order valence-electron chi connectivity index (χ1n) is 7.96. The summed E-state index contributed by atoms with van der Waals surface area (Å²) in [4.78, 5) is 37.5. The summed E-state index contributed by atoms with van der Waals surface area (Å²) < 4.78 is 10.7. The van der Waals surface area contributed by atoms with Crippen molar-refractivity contribution in [1.29, 1.82) is 0 Å². The van der Waals surface area contributed by atoms with Crippen molar-refractivity contribution in [3.05, 3.63) is 53.4 Å². The number of aliphatic carboxylic acids is 1. The fourth-order valence-electron chi connectivity index (χ4n) is 2.82. The molecule has 0 spiro atoms. The first kappa shape index (κ1) is 18.0. The molecule has 2 heterocycles. The minimum Gasteiger partial charge on any atom is -0.478 e. The smallest absolute Gasteiger partial charge is 0.348 e. The van der Waals surface area contributed by atoms with Crippen molar-refractivity contribution in [3.8, 4) is 5.75 Å². The van der Waals surface area contributed by atoms with Crippen LogP contribution in [0.5, 0.6) is 5.75 Å². The van der Waals surface area contributed by atoms with Crippen LogP contribution in [-0.4, -0.2) is 46.4 Å². The van der Waals surface area contributed by atoms with Crippen LogP contribution >= 0.6 is 11.6 Å². The number of Topliss-reactive ketones (excluding diaryl/α,β-unsaturated/α-hetero) is 1. The maximum atomic E-state index is 12.3. The predicted molar refractivity (Wildman–Crippen MR) is 91.3 cm³/mol. The molecule has 2 aromatic rings. The molecular weight excluding hydrogens is 362 g/mol. The third kappa shape index (κ3) is 3.57. The zero-order chi connectivity index (χ0) is 18.7. The minimum atomic E-state index is -1.46. The number of hydrogen-bond donors (Lipinski definition) is 1. The molecule has 1 saturated heterocycles. The van der Waals surface area contributed by atoms with E-state index in [-0.39, 0.29) is 31.7 Å². The van der Waals surface area contributed by atoms with Crippen LogP contribution < -0.4 is 4.74 Å². The topological polar surface area (TPSA) is 97.0 Å². The highest BCUT2D eigenvalue weighted by Crippen LogP contribution is 2.30. The van der Waals surface area contributed by atoms with Crippen molar-refractivity contribution < 1.29 is 28.6 Å². The van der Waals surface area contributed by atoms with Gasteiger partial charge in [0.2, 0.25) is 5.60 Å². The number of carboxylic acid groups (broad SMARTS) is 1. The molecule has 1 aliphatic rings. The third-order valence-corrected chi connectivity index (χ3v) is 4.57. The van der Waals surface area contributed by atoms with Gasteiger partial charge in [-0.1, -0.05) is 11.6 Å². The van der Waals surface area contributed by atoms with Crippen molar-refractivity contribution in [2.45, 2.75) is 18.4 Å². The van der Waals surface area contributed by atoms with Crippen LogP contribution in [0.4, 0.5) is 0 Å². The Bertz CT molecular complexity index is 807. The number of hydrogen-bond acceptors (Lipinski definition) is 5. The maximum Gasteiger partial charge on any atom is 0.348 e. The second-order valence-corrected chi connectivity index (χ2v) is 6.39. The number of furan rings is 1. The molecule has 0 bridgehead atoms. The van der Waals surface area contributed by atoms with E-state index in [0.29, 0.717) is 10.8 Å². The largest absolute Gasteiger partial charge is 0.478 e. The molecule has 1 fully saturated rings. The van der Waals surface area contributed by atoms with Crippen LogP contribution in [-0.2, 0) is 9.59 Å². The molecule has 136 valence electrons. The molecule has 1 aromatic heterocycles. The number of carbonyl (C=O) groups excluding carboxylic acids is 2. The van der Waals surface area contributed by atoms with Gasteiger partial charge in [0.05, 0.1) is 6.26 Å². The summed E-state index contributed by atoms with van der Waals surface area (Å²) in [6, 6.07) is 9.32. The van der Waals surface area contributed by atoms with Crippen molar-refractivity contribution >= 4 is 29.3 Å². The van der Waals surface area contributed by atoms with Gasteiger partial charge >= 0.3 is 5.97 Å². The molecule has 7 nitrogen and oxygen atoms in total. The zero-order valence-corrected chi connectivity index (χ0v) is 14.4. The highest BCUT2D eigenvalue weighted by Gasteiger charge is 2.45. The van der Waals surface area contributed by atoms with Crippen molar-refractivity contribution in [1.82, 2.24) is 4.90 Å². The van der Waals surface area contributed by atoms with Crippen LogP contribution in [0, 0.1) is 0 Å². The highest BCUT2D eigenvalue weighted by atomic mass is 35.5. The van der Waals surface area contributed by atoms with Crippen LogP contribution in [0.15, 0.2) is 47.1 Å². The predicted octanol–water partition coefficient (Wildman–Crippen LogP) is 2.64. The summed E-state index contributed by atoms with van der Waals surface area (Å²) >= 11 is 5.82. The van der Waals surface area contributed by atoms with Gasteiger partial charge in [-0.3, -0.25) is 9.59 Å². The number of ketones is 1. The molecule has 0 radical (unpaired) electrons. The lowest BCUT2D eigenvalue weighted by atomic mass is 9.90. The monoisotopic (exact) mass is 377 g/mol. The molecule has 0 atom stereocenters. The van der Waals surface area contributed by atoms with Crippen LogP contribution in [0.3, 0.4) is 0 Å². The van der Waals surface area contributed by atoms with Gasteiger partial charge in [-0.15, -0.1) is 0 Å². The first-order chi connectivity index (χ1) is 12.4. The van der Waals surface area contributed by atoms with E-state index in [4.69, 9.17) is 20.8 Å². The first-order valence-corrected chi connectivity index (χ1v) is 8.34. The van der Waals surface area contributed by atoms with Gasteiger partial charge in [0.25, 0.3) is 11.7 Å². The van der Waals surface area contributed by atoms with Crippen molar-refractivity contribution in [3.63, 3.8) is 0 Å². The molecule has 0 saturated carbocycles. The van der Waals surface area contributed by atoms with E-state index in [1.54, 1.807) is 24.3 Å². The summed E-state index contributed by atoms with van der Waals surface area (Å²) in [6.45, 7) is 0.177. The molecule has 26 heavy (non-hydrogen) atoms. The SMILES string of the molecule is O=C(C(=O)N1CCC(Oc2ccc(Cl)cc2)(C(=O)O)CC1)c1ccco1. The molecule has 0 aliphatic carbocycles. The lowest BCUT2D eigenvalue weighted by Crippen LogP contribution is -2.55. The minimum absolute atomic E-state index is 0.0394. The van der Waals surface area contributed by atoms with Gasteiger partial charge in [-0.2, -0.15) is 0 Å². The number of amides is 1. The number of halogens is 1. The van der Waals surface area contributed by atoms with Crippen LogP contribution in [0.25, 0.3) is 0 Å². The Morgan fingerprint density at radius 2 is 1.77 bits per heavy atom. The fraction of sp³-hybridized carbons (Fsp3) is 0.278. The molecular formula is C18H16ClNO6. The number of ether oxygens (including phenoxy) is 1. The van der Waals surface area contributed by atoms with Crippen molar-refractivity contribution in [2.75, 3.05) is 13.1 Å². The highest BCUT2D eigenvalue weighted by molar-refractivity contribution is 6.41. The lowest BCUT2D eigenvalue weighted by molar-refractivity contribution is -0.161. The average molecular weight is 378 g/mol. The average Bonchev–Trinajstić information content (AvgIpc) is 3.17. The molecule has 1 amide bonds. The lowest BCUT2D eigenvalue weighted by Gasteiger charge is -2.38. The number of nitrogens with zero attached hydrogens (tertiary/aromatic N) is 1. The van der Waals surface area contributed by atoms with Gasteiger partial charge in [0.1, 0.15) is 5.75 Å². The van der Waals surface area contributed by atoms with E-state index in [2.05, 4.69) is 0 Å². The van der Waals surface area contributed by atoms with Gasteiger partial charge in [-0.25, -0.2) is 4.79 Å². The maximum absolute atomic E-state index is 12.3. The Hall–Kier alpha value is -2.80. The van der Waals surface area contributed by atoms with Crippen molar-refractivity contribution in [2.24, 2.45) is 0 Å². The Morgan fingerprint density at radius 1 is 1.12 bits per heavy atom. The molecule has 0 unspecified atom stereocenters. The van der Waals surface area contributed by atoms with Crippen LogP contribution in [0.2, 0.25) is 5.02 Å². The number of rotatable bonds is 5. The zero-order valence-electron chi connectivity index (χ0n) is 13.7. The molecule has 8 heteroatoms. The van der Waals surface area contributed by atoms with Crippen LogP contribution in [0.1, 0.15) is 23.4 Å². The fourth-order valence-corrected chi connectivity index (χ4v) is 2.94. The van der Waals surface area contributed by atoms with Gasteiger partial charge in [-0.05, 0) is 36.4 Å². The van der Waals surface area contributed by atoms with E-state index in [1.807, 2.05) is 0 Å². The molecule has 1 aliphatic heterocycles. The number of carboxylic acids is 1. The third-order valence-electron chi connectivity index (χ3n) is 4.31. The molecule has 3 rings (SSSR count).